The van der Waals surface area contributed by atoms with Gasteiger partial charge in [0.25, 0.3) is 0 Å². The number of imidazole rings is 1. The second-order valence-electron chi connectivity index (χ2n) is 1.93. The molecule has 1 aromatic heterocycles. The van der Waals surface area contributed by atoms with Gasteiger partial charge < -0.3 is 4.57 Å². The number of aromatic nitrogens is 2. The van der Waals surface area contributed by atoms with Gasteiger partial charge in [-0.2, -0.15) is 5.26 Å². The molecule has 0 saturated carbocycles. The fraction of sp³-hybridized carbons (Fsp3) is 0.143. The van der Waals surface area contributed by atoms with Crippen LogP contribution in [0.25, 0.3) is 6.20 Å². The van der Waals surface area contributed by atoms with E-state index in [9.17, 15) is 0 Å². The van der Waals surface area contributed by atoms with Crippen molar-refractivity contribution < 1.29 is 0 Å². The normalized spacial score (nSPS) is 11.0. The largest absolute Gasteiger partial charge is 0.312 e. The standard InChI is InChI=1S/C7H7N3/c1-7(4-8)5-10-3-2-9-6-10/h2-3,5-6H,1H3/b7-5-. The summed E-state index contributed by atoms with van der Waals surface area (Å²) in [5.74, 6) is 0. The van der Waals surface area contributed by atoms with E-state index < -0.39 is 0 Å². The second-order valence-corrected chi connectivity index (χ2v) is 1.93. The fourth-order valence-corrected chi connectivity index (χ4v) is 0.598. The molecule has 0 spiro atoms. The van der Waals surface area contributed by atoms with Crippen molar-refractivity contribution in [3.63, 3.8) is 0 Å². The summed E-state index contributed by atoms with van der Waals surface area (Å²) in [5, 5.41) is 8.38. The van der Waals surface area contributed by atoms with Gasteiger partial charge in [0.2, 0.25) is 0 Å². The SMILES string of the molecule is C/C(C#N)=C/n1ccnc1. The second kappa shape index (κ2) is 2.83. The fourth-order valence-electron chi connectivity index (χ4n) is 0.598. The summed E-state index contributed by atoms with van der Waals surface area (Å²) in [6, 6.07) is 2.02. The van der Waals surface area contributed by atoms with E-state index in [-0.39, 0.29) is 0 Å². The number of nitriles is 1. The minimum atomic E-state index is 0.665. The summed E-state index contributed by atoms with van der Waals surface area (Å²) in [4.78, 5) is 3.82. The van der Waals surface area contributed by atoms with Crippen LogP contribution in [0.15, 0.2) is 24.3 Å². The van der Waals surface area contributed by atoms with Crippen LogP contribution in [0.1, 0.15) is 6.92 Å². The Morgan fingerprint density at radius 2 is 2.60 bits per heavy atom. The minimum absolute atomic E-state index is 0.665. The lowest BCUT2D eigenvalue weighted by Crippen LogP contribution is -1.80. The van der Waals surface area contributed by atoms with Crippen LogP contribution >= 0.6 is 0 Å². The van der Waals surface area contributed by atoms with Crippen molar-refractivity contribution in [3.8, 4) is 6.07 Å². The summed E-state index contributed by atoms with van der Waals surface area (Å²) in [7, 11) is 0. The highest BCUT2D eigenvalue weighted by atomic mass is 15.0. The lowest BCUT2D eigenvalue weighted by molar-refractivity contribution is 1.13. The number of hydrogen-bond acceptors (Lipinski definition) is 2. The minimum Gasteiger partial charge on any atom is -0.312 e. The lowest BCUT2D eigenvalue weighted by atomic mass is 10.4. The molecular weight excluding hydrogens is 126 g/mol. The monoisotopic (exact) mass is 133 g/mol. The topological polar surface area (TPSA) is 41.6 Å². The molecule has 0 aliphatic rings. The predicted octanol–water partition coefficient (Wildman–Crippen LogP) is 1.27. The van der Waals surface area contributed by atoms with Crippen LogP contribution in [0.2, 0.25) is 0 Å². The number of allylic oxidation sites excluding steroid dienone is 1. The van der Waals surface area contributed by atoms with E-state index in [0.29, 0.717) is 5.57 Å². The summed E-state index contributed by atoms with van der Waals surface area (Å²) in [6.07, 6.45) is 6.80. The van der Waals surface area contributed by atoms with Crippen LogP contribution in [-0.4, -0.2) is 9.55 Å². The van der Waals surface area contributed by atoms with Gasteiger partial charge in [-0.1, -0.05) is 0 Å². The molecule has 0 unspecified atom stereocenters. The molecule has 1 aromatic rings. The van der Waals surface area contributed by atoms with Gasteiger partial charge in [0, 0.05) is 24.2 Å². The first kappa shape index (κ1) is 6.56. The molecule has 0 amide bonds. The average molecular weight is 133 g/mol. The molecule has 0 saturated heterocycles. The molecule has 0 N–H and O–H groups in total. The Labute approximate surface area is 59.2 Å². The summed E-state index contributed by atoms with van der Waals surface area (Å²) >= 11 is 0. The zero-order valence-corrected chi connectivity index (χ0v) is 5.65. The first-order valence-electron chi connectivity index (χ1n) is 2.89. The Hall–Kier alpha value is -1.56. The summed E-state index contributed by atoms with van der Waals surface area (Å²) < 4.78 is 1.73. The van der Waals surface area contributed by atoms with Crippen molar-refractivity contribution in [1.29, 1.82) is 5.26 Å². The van der Waals surface area contributed by atoms with E-state index >= 15 is 0 Å². The third-order valence-electron chi connectivity index (χ3n) is 1.04. The van der Waals surface area contributed by atoms with E-state index in [1.807, 2.05) is 6.07 Å². The van der Waals surface area contributed by atoms with Gasteiger partial charge in [0.1, 0.15) is 0 Å². The molecule has 0 aliphatic carbocycles. The number of rotatable bonds is 1. The molecule has 1 heterocycles. The highest BCUT2D eigenvalue weighted by Crippen LogP contribution is 1.93. The molecule has 0 fully saturated rings. The van der Waals surface area contributed by atoms with E-state index in [4.69, 9.17) is 5.26 Å². The van der Waals surface area contributed by atoms with Gasteiger partial charge in [-0.15, -0.1) is 0 Å². The molecule has 3 heteroatoms. The quantitative estimate of drug-likeness (QED) is 0.541. The van der Waals surface area contributed by atoms with Crippen LogP contribution in [0.3, 0.4) is 0 Å². The summed E-state index contributed by atoms with van der Waals surface area (Å²) in [5.41, 5.74) is 0.665. The van der Waals surface area contributed by atoms with Crippen LogP contribution < -0.4 is 0 Å². The van der Waals surface area contributed by atoms with Crippen molar-refractivity contribution in [2.45, 2.75) is 6.92 Å². The van der Waals surface area contributed by atoms with E-state index in [1.54, 1.807) is 36.4 Å². The molecule has 1 rings (SSSR count). The third kappa shape index (κ3) is 1.46. The Kier molecular flexibility index (Phi) is 1.86. The molecule has 3 nitrogen and oxygen atoms in total. The molecule has 0 aliphatic heterocycles. The molecule has 50 valence electrons. The Balaban J connectivity index is 2.83. The maximum absolute atomic E-state index is 8.38. The van der Waals surface area contributed by atoms with Crippen molar-refractivity contribution in [1.82, 2.24) is 9.55 Å². The van der Waals surface area contributed by atoms with Gasteiger partial charge in [-0.3, -0.25) is 0 Å². The van der Waals surface area contributed by atoms with Gasteiger partial charge in [-0.25, -0.2) is 4.98 Å². The highest BCUT2D eigenvalue weighted by molar-refractivity contribution is 5.37. The van der Waals surface area contributed by atoms with Gasteiger partial charge >= 0.3 is 0 Å². The van der Waals surface area contributed by atoms with Crippen LogP contribution in [0, 0.1) is 11.3 Å². The number of hydrogen-bond donors (Lipinski definition) is 0. The molecular formula is C7H7N3. The third-order valence-corrected chi connectivity index (χ3v) is 1.04. The maximum Gasteiger partial charge on any atom is 0.0987 e. The maximum atomic E-state index is 8.38. The van der Waals surface area contributed by atoms with Gasteiger partial charge in [0.05, 0.1) is 12.4 Å². The zero-order chi connectivity index (χ0) is 7.40. The Morgan fingerprint density at radius 1 is 1.80 bits per heavy atom. The molecule has 0 atom stereocenters. The van der Waals surface area contributed by atoms with E-state index in [0.717, 1.165) is 0 Å². The zero-order valence-electron chi connectivity index (χ0n) is 5.65. The first-order chi connectivity index (χ1) is 4.83. The van der Waals surface area contributed by atoms with Crippen molar-refractivity contribution >= 4 is 6.20 Å². The smallest absolute Gasteiger partial charge is 0.0987 e. The van der Waals surface area contributed by atoms with Crippen LogP contribution in [-0.2, 0) is 0 Å². The molecule has 0 aromatic carbocycles. The van der Waals surface area contributed by atoms with Gasteiger partial charge in [0.15, 0.2) is 0 Å². The highest BCUT2D eigenvalue weighted by Gasteiger charge is 1.84. The van der Waals surface area contributed by atoms with E-state index in [2.05, 4.69) is 4.98 Å². The Morgan fingerprint density at radius 3 is 3.10 bits per heavy atom. The van der Waals surface area contributed by atoms with E-state index in [1.165, 1.54) is 0 Å². The predicted molar refractivity (Wildman–Crippen MR) is 37.8 cm³/mol. The molecule has 10 heavy (non-hydrogen) atoms. The molecule has 0 radical (unpaired) electrons. The van der Waals surface area contributed by atoms with Crippen molar-refractivity contribution in [2.75, 3.05) is 0 Å². The van der Waals surface area contributed by atoms with Crippen molar-refractivity contribution in [2.24, 2.45) is 0 Å². The van der Waals surface area contributed by atoms with Crippen LogP contribution in [0.5, 0.6) is 0 Å². The first-order valence-corrected chi connectivity index (χ1v) is 2.89. The number of nitrogens with zero attached hydrogens (tertiary/aromatic N) is 3. The van der Waals surface area contributed by atoms with Gasteiger partial charge in [-0.05, 0) is 6.92 Å². The van der Waals surface area contributed by atoms with Crippen molar-refractivity contribution in [3.05, 3.63) is 24.3 Å². The Bertz CT molecular complexity index is 264. The average Bonchev–Trinajstić information content (AvgIpc) is 2.40. The lowest BCUT2D eigenvalue weighted by Gasteiger charge is -1.88. The summed E-state index contributed by atoms with van der Waals surface area (Å²) in [6.45, 7) is 1.75. The molecule has 0 bridgehead atoms. The van der Waals surface area contributed by atoms with Crippen LogP contribution in [0.4, 0.5) is 0 Å².